The van der Waals surface area contributed by atoms with Crippen LogP contribution in [-0.2, 0) is 26.2 Å². The molecule has 0 aliphatic rings. The van der Waals surface area contributed by atoms with E-state index < -0.39 is 28.5 Å². The quantitative estimate of drug-likeness (QED) is 0.347. The first-order chi connectivity index (χ1) is 17.5. The fraction of sp³-hybridized carbons (Fsp3) is 0.231. The molecule has 7 nitrogen and oxygen atoms in total. The van der Waals surface area contributed by atoms with Crippen molar-refractivity contribution in [2.45, 2.75) is 31.3 Å². The van der Waals surface area contributed by atoms with Crippen molar-refractivity contribution in [2.75, 3.05) is 17.4 Å². The van der Waals surface area contributed by atoms with E-state index in [4.69, 9.17) is 34.8 Å². The molecule has 0 aromatic heterocycles. The first-order valence-electron chi connectivity index (χ1n) is 11.4. The van der Waals surface area contributed by atoms with Crippen LogP contribution in [-0.4, -0.2) is 44.3 Å². The fourth-order valence-corrected chi connectivity index (χ4v) is 5.46. The van der Waals surface area contributed by atoms with Gasteiger partial charge in [0.1, 0.15) is 12.6 Å². The number of amides is 2. The van der Waals surface area contributed by atoms with Gasteiger partial charge in [-0.3, -0.25) is 13.9 Å². The van der Waals surface area contributed by atoms with Crippen molar-refractivity contribution in [1.82, 2.24) is 10.2 Å². The number of likely N-dealkylation sites (N-methyl/N-ethyl adjacent to an activating group) is 1. The minimum Gasteiger partial charge on any atom is -0.355 e. The molecule has 0 radical (unpaired) electrons. The zero-order valence-electron chi connectivity index (χ0n) is 20.2. The molecule has 3 rings (SSSR count). The van der Waals surface area contributed by atoms with Crippen LogP contribution in [0.3, 0.4) is 0 Å². The van der Waals surface area contributed by atoms with Gasteiger partial charge in [-0.2, -0.15) is 0 Å². The summed E-state index contributed by atoms with van der Waals surface area (Å²) in [6, 6.07) is 18.0. The number of nitrogens with one attached hydrogen (secondary N) is 1. The van der Waals surface area contributed by atoms with Crippen molar-refractivity contribution < 1.29 is 18.0 Å². The third-order valence-corrected chi connectivity index (χ3v) is 8.36. The molecule has 1 N–H and O–H groups in total. The minimum atomic E-state index is -4.15. The molecule has 0 saturated heterocycles. The Kier molecular flexibility index (Phi) is 9.84. The molecular weight excluding hydrogens is 557 g/mol. The molecule has 1 atom stereocenters. The van der Waals surface area contributed by atoms with E-state index in [1.165, 1.54) is 29.2 Å². The Hall–Kier alpha value is -2.78. The zero-order chi connectivity index (χ0) is 27.2. The van der Waals surface area contributed by atoms with E-state index in [1.807, 2.05) is 0 Å². The summed E-state index contributed by atoms with van der Waals surface area (Å²) in [5.74, 6) is -0.950. The Labute approximate surface area is 232 Å². The molecule has 3 aromatic carbocycles. The number of rotatable bonds is 10. The van der Waals surface area contributed by atoms with Crippen molar-refractivity contribution >= 4 is 62.3 Å². The second-order valence-electron chi connectivity index (χ2n) is 8.14. The molecule has 0 aliphatic heterocycles. The highest BCUT2D eigenvalue weighted by atomic mass is 35.5. The second-order valence-corrected chi connectivity index (χ2v) is 11.3. The van der Waals surface area contributed by atoms with Gasteiger partial charge in [-0.1, -0.05) is 59.1 Å². The third-order valence-electron chi connectivity index (χ3n) is 5.58. The molecule has 3 aromatic rings. The van der Waals surface area contributed by atoms with Gasteiger partial charge >= 0.3 is 0 Å². The average molecular weight is 583 g/mol. The number of benzene rings is 3. The summed E-state index contributed by atoms with van der Waals surface area (Å²) < 4.78 is 28.3. The molecule has 0 unspecified atom stereocenters. The van der Waals surface area contributed by atoms with E-state index >= 15 is 0 Å². The van der Waals surface area contributed by atoms with Gasteiger partial charge in [-0.15, -0.1) is 0 Å². The number of para-hydroxylation sites is 1. The van der Waals surface area contributed by atoms with Gasteiger partial charge in [0.15, 0.2) is 0 Å². The number of hydrogen-bond donors (Lipinski definition) is 1. The van der Waals surface area contributed by atoms with Crippen LogP contribution in [0.25, 0.3) is 0 Å². The van der Waals surface area contributed by atoms with Crippen molar-refractivity contribution in [3.05, 3.63) is 93.4 Å². The largest absolute Gasteiger partial charge is 0.355 e. The van der Waals surface area contributed by atoms with Gasteiger partial charge in [0.05, 0.1) is 20.6 Å². The lowest BCUT2D eigenvalue weighted by Crippen LogP contribution is -2.51. The van der Waals surface area contributed by atoms with Crippen LogP contribution in [0.15, 0.2) is 77.7 Å². The Balaban J connectivity index is 2.01. The maximum Gasteiger partial charge on any atom is 0.264 e. The highest BCUT2D eigenvalue weighted by Gasteiger charge is 2.32. The predicted octanol–water partition coefficient (Wildman–Crippen LogP) is 5.40. The molecule has 0 aliphatic carbocycles. The lowest BCUT2D eigenvalue weighted by molar-refractivity contribution is -0.139. The molecule has 0 spiro atoms. The standard InChI is InChI=1S/C26H26Cl3N3O4S/c1-3-30-26(34)18(2)31(16-19-9-14-23(28)24(29)15-19)25(33)17-32(21-7-5-4-6-8-21)37(35,36)22-12-10-20(27)11-13-22/h4-15,18H,3,16-17H2,1-2H3,(H,30,34)/t18-/m1/s1. The Morgan fingerprint density at radius 2 is 1.57 bits per heavy atom. The Morgan fingerprint density at radius 1 is 0.919 bits per heavy atom. The summed E-state index contributed by atoms with van der Waals surface area (Å²) in [6.45, 7) is 3.20. The van der Waals surface area contributed by atoms with E-state index in [0.717, 1.165) is 4.31 Å². The minimum absolute atomic E-state index is 0.0116. The van der Waals surface area contributed by atoms with Gasteiger partial charge in [0.2, 0.25) is 11.8 Å². The summed E-state index contributed by atoms with van der Waals surface area (Å²) in [6.07, 6.45) is 0. The Morgan fingerprint density at radius 3 is 2.16 bits per heavy atom. The van der Waals surface area contributed by atoms with E-state index in [1.54, 1.807) is 62.4 Å². The first kappa shape index (κ1) is 28.8. The number of halogens is 3. The summed E-state index contributed by atoms with van der Waals surface area (Å²) in [5, 5.41) is 3.74. The average Bonchev–Trinajstić information content (AvgIpc) is 2.88. The van der Waals surface area contributed by atoms with Crippen LogP contribution in [0.5, 0.6) is 0 Å². The maximum absolute atomic E-state index is 13.7. The van der Waals surface area contributed by atoms with Gasteiger partial charge in [0.25, 0.3) is 10.0 Å². The molecule has 37 heavy (non-hydrogen) atoms. The second kappa shape index (κ2) is 12.6. The molecule has 2 amide bonds. The third kappa shape index (κ3) is 7.17. The summed E-state index contributed by atoms with van der Waals surface area (Å²) >= 11 is 18.1. The molecular formula is C26H26Cl3N3O4S. The predicted molar refractivity (Wildman–Crippen MR) is 148 cm³/mol. The topological polar surface area (TPSA) is 86.8 Å². The fourth-order valence-electron chi connectivity index (χ4n) is 3.60. The van der Waals surface area contributed by atoms with Crippen LogP contribution < -0.4 is 9.62 Å². The van der Waals surface area contributed by atoms with Gasteiger partial charge in [-0.25, -0.2) is 8.42 Å². The molecule has 0 fully saturated rings. The summed E-state index contributed by atoms with van der Waals surface area (Å²) in [7, 11) is -4.15. The molecule has 0 heterocycles. The highest BCUT2D eigenvalue weighted by molar-refractivity contribution is 7.92. The van der Waals surface area contributed by atoms with E-state index in [9.17, 15) is 18.0 Å². The van der Waals surface area contributed by atoms with Crippen molar-refractivity contribution in [1.29, 1.82) is 0 Å². The molecule has 11 heteroatoms. The number of hydrogen-bond acceptors (Lipinski definition) is 4. The van der Waals surface area contributed by atoms with Crippen LogP contribution in [0.1, 0.15) is 19.4 Å². The van der Waals surface area contributed by atoms with E-state index in [0.29, 0.717) is 32.9 Å². The number of carbonyl (C=O) groups is 2. The van der Waals surface area contributed by atoms with Crippen molar-refractivity contribution in [3.8, 4) is 0 Å². The molecule has 196 valence electrons. The highest BCUT2D eigenvalue weighted by Crippen LogP contribution is 2.26. The lowest BCUT2D eigenvalue weighted by Gasteiger charge is -2.32. The number of sulfonamides is 1. The lowest BCUT2D eigenvalue weighted by atomic mass is 10.1. The van der Waals surface area contributed by atoms with Crippen LogP contribution >= 0.6 is 34.8 Å². The summed E-state index contributed by atoms with van der Waals surface area (Å²) in [5.41, 5.74) is 0.927. The van der Waals surface area contributed by atoms with Gasteiger partial charge in [0, 0.05) is 18.1 Å². The van der Waals surface area contributed by atoms with Gasteiger partial charge < -0.3 is 10.2 Å². The normalized spacial score (nSPS) is 12.0. The number of anilines is 1. The van der Waals surface area contributed by atoms with Gasteiger partial charge in [-0.05, 0) is 67.9 Å². The summed E-state index contributed by atoms with van der Waals surface area (Å²) in [4.78, 5) is 27.7. The van der Waals surface area contributed by atoms with Crippen LogP contribution in [0, 0.1) is 0 Å². The molecule has 0 bridgehead atoms. The number of nitrogens with zero attached hydrogens (tertiary/aromatic N) is 2. The smallest absolute Gasteiger partial charge is 0.264 e. The maximum atomic E-state index is 13.7. The van der Waals surface area contributed by atoms with Crippen molar-refractivity contribution in [3.63, 3.8) is 0 Å². The monoisotopic (exact) mass is 581 g/mol. The van der Waals surface area contributed by atoms with Crippen LogP contribution in [0.2, 0.25) is 15.1 Å². The first-order valence-corrected chi connectivity index (χ1v) is 14.0. The zero-order valence-corrected chi connectivity index (χ0v) is 23.3. The Bertz CT molecular complexity index is 1350. The van der Waals surface area contributed by atoms with E-state index in [2.05, 4.69) is 5.32 Å². The van der Waals surface area contributed by atoms with Crippen LogP contribution in [0.4, 0.5) is 5.69 Å². The van der Waals surface area contributed by atoms with E-state index in [-0.39, 0.29) is 17.3 Å². The number of carbonyl (C=O) groups excluding carboxylic acids is 2. The SMILES string of the molecule is CCNC(=O)[C@@H](C)N(Cc1ccc(Cl)c(Cl)c1)C(=O)CN(c1ccccc1)S(=O)(=O)c1ccc(Cl)cc1. The molecule has 0 saturated carbocycles. The van der Waals surface area contributed by atoms with Crippen molar-refractivity contribution in [2.24, 2.45) is 0 Å².